The maximum Gasteiger partial charge on any atom is 0.224 e. The Morgan fingerprint density at radius 3 is 2.78 bits per heavy atom. The third-order valence-electron chi connectivity index (χ3n) is 2.57. The summed E-state index contributed by atoms with van der Waals surface area (Å²) < 4.78 is 2.98. The van der Waals surface area contributed by atoms with E-state index in [2.05, 4.69) is 38.4 Å². The van der Waals surface area contributed by atoms with Gasteiger partial charge in [-0.15, -0.1) is 10.2 Å². The largest absolute Gasteiger partial charge is 0.355 e. The Morgan fingerprint density at radius 2 is 2.11 bits per heavy atom. The molecule has 0 spiro atoms. The maximum absolute atomic E-state index is 6.04. The van der Waals surface area contributed by atoms with E-state index in [1.165, 1.54) is 0 Å². The fourth-order valence-corrected chi connectivity index (χ4v) is 2.36. The zero-order valence-electron chi connectivity index (χ0n) is 10.2. The van der Waals surface area contributed by atoms with E-state index in [4.69, 9.17) is 11.6 Å². The van der Waals surface area contributed by atoms with Gasteiger partial charge in [-0.1, -0.05) is 27.5 Å². The highest BCUT2D eigenvalue weighted by Gasteiger charge is 2.14. The highest BCUT2D eigenvalue weighted by Crippen LogP contribution is 2.30. The van der Waals surface area contributed by atoms with Crippen molar-refractivity contribution in [1.82, 2.24) is 14.8 Å². The van der Waals surface area contributed by atoms with Crippen LogP contribution in [0.15, 0.2) is 22.7 Å². The predicted molar refractivity (Wildman–Crippen MR) is 78.0 cm³/mol. The molecule has 0 aliphatic carbocycles. The minimum absolute atomic E-state index is 0.684. The molecule has 0 amide bonds. The van der Waals surface area contributed by atoms with Crippen LogP contribution in [-0.4, -0.2) is 21.3 Å². The van der Waals surface area contributed by atoms with Gasteiger partial charge in [0, 0.05) is 28.1 Å². The number of nitrogens with zero attached hydrogens (tertiary/aromatic N) is 3. The maximum atomic E-state index is 6.04. The Labute approximate surface area is 119 Å². The van der Waals surface area contributed by atoms with E-state index in [0.717, 1.165) is 34.9 Å². The van der Waals surface area contributed by atoms with E-state index in [0.29, 0.717) is 5.02 Å². The SMILES string of the molecule is CCNc1nnc(-c2cc(Cl)ccc2Br)n1CC. The van der Waals surface area contributed by atoms with Crippen LogP contribution in [-0.2, 0) is 6.54 Å². The van der Waals surface area contributed by atoms with Crippen LogP contribution in [0.5, 0.6) is 0 Å². The van der Waals surface area contributed by atoms with Gasteiger partial charge >= 0.3 is 0 Å². The minimum Gasteiger partial charge on any atom is -0.355 e. The van der Waals surface area contributed by atoms with Crippen molar-refractivity contribution in [3.8, 4) is 11.4 Å². The molecule has 6 heteroatoms. The quantitative estimate of drug-likeness (QED) is 0.927. The van der Waals surface area contributed by atoms with Gasteiger partial charge < -0.3 is 5.32 Å². The fourth-order valence-electron chi connectivity index (χ4n) is 1.76. The van der Waals surface area contributed by atoms with Gasteiger partial charge in [0.05, 0.1) is 0 Å². The highest BCUT2D eigenvalue weighted by atomic mass is 79.9. The van der Waals surface area contributed by atoms with Crippen LogP contribution in [0.3, 0.4) is 0 Å². The number of hydrogen-bond donors (Lipinski definition) is 1. The van der Waals surface area contributed by atoms with Gasteiger partial charge in [-0.2, -0.15) is 0 Å². The van der Waals surface area contributed by atoms with Crippen LogP contribution in [0.4, 0.5) is 5.95 Å². The third-order valence-corrected chi connectivity index (χ3v) is 3.50. The van der Waals surface area contributed by atoms with Gasteiger partial charge in [-0.3, -0.25) is 4.57 Å². The van der Waals surface area contributed by atoms with Gasteiger partial charge in [0.15, 0.2) is 5.82 Å². The van der Waals surface area contributed by atoms with E-state index in [-0.39, 0.29) is 0 Å². The number of aromatic nitrogens is 3. The van der Waals surface area contributed by atoms with Crippen molar-refractivity contribution in [2.24, 2.45) is 0 Å². The molecule has 1 N–H and O–H groups in total. The average Bonchev–Trinajstić information content (AvgIpc) is 2.75. The van der Waals surface area contributed by atoms with Crippen LogP contribution >= 0.6 is 27.5 Å². The molecule has 2 aromatic rings. The number of hydrogen-bond acceptors (Lipinski definition) is 3. The Bertz CT molecular complexity index is 553. The summed E-state index contributed by atoms with van der Waals surface area (Å²) in [5.41, 5.74) is 0.945. The first kappa shape index (κ1) is 13.4. The summed E-state index contributed by atoms with van der Waals surface area (Å²) in [6.07, 6.45) is 0. The molecule has 0 unspecified atom stereocenters. The number of benzene rings is 1. The summed E-state index contributed by atoms with van der Waals surface area (Å²) in [5.74, 6) is 1.59. The zero-order chi connectivity index (χ0) is 13.1. The van der Waals surface area contributed by atoms with Gasteiger partial charge in [0.1, 0.15) is 0 Å². The lowest BCUT2D eigenvalue weighted by Gasteiger charge is -2.09. The van der Waals surface area contributed by atoms with Crippen LogP contribution in [0.2, 0.25) is 5.02 Å². The number of anilines is 1. The van der Waals surface area contributed by atoms with E-state index in [9.17, 15) is 0 Å². The molecule has 0 atom stereocenters. The first-order valence-electron chi connectivity index (χ1n) is 5.79. The molecule has 0 fully saturated rings. The summed E-state index contributed by atoms with van der Waals surface area (Å²) in [6.45, 7) is 5.70. The minimum atomic E-state index is 0.684. The predicted octanol–water partition coefficient (Wildman–Crippen LogP) is 3.81. The van der Waals surface area contributed by atoms with Gasteiger partial charge in [0.25, 0.3) is 0 Å². The van der Waals surface area contributed by atoms with Gasteiger partial charge in [-0.05, 0) is 32.0 Å². The van der Waals surface area contributed by atoms with Gasteiger partial charge in [0.2, 0.25) is 5.95 Å². The molecule has 0 saturated heterocycles. The second-order valence-corrected chi connectivity index (χ2v) is 5.04. The molecule has 0 bridgehead atoms. The first-order valence-corrected chi connectivity index (χ1v) is 6.97. The van der Waals surface area contributed by atoms with Crippen molar-refractivity contribution in [3.63, 3.8) is 0 Å². The molecule has 1 aromatic carbocycles. The fraction of sp³-hybridized carbons (Fsp3) is 0.333. The molecule has 0 radical (unpaired) electrons. The monoisotopic (exact) mass is 328 g/mol. The zero-order valence-corrected chi connectivity index (χ0v) is 12.6. The highest BCUT2D eigenvalue weighted by molar-refractivity contribution is 9.10. The van der Waals surface area contributed by atoms with E-state index in [1.807, 2.05) is 29.7 Å². The molecule has 1 aromatic heterocycles. The lowest BCUT2D eigenvalue weighted by molar-refractivity contribution is 0.770. The van der Waals surface area contributed by atoms with Crippen molar-refractivity contribution in [2.75, 3.05) is 11.9 Å². The summed E-state index contributed by atoms with van der Waals surface area (Å²) >= 11 is 9.55. The Morgan fingerprint density at radius 1 is 1.33 bits per heavy atom. The summed E-state index contributed by atoms with van der Waals surface area (Å²) in [4.78, 5) is 0. The lowest BCUT2D eigenvalue weighted by Crippen LogP contribution is -2.07. The molecule has 1 heterocycles. The summed E-state index contributed by atoms with van der Waals surface area (Å²) in [7, 11) is 0. The number of rotatable bonds is 4. The summed E-state index contributed by atoms with van der Waals surface area (Å²) in [6, 6.07) is 5.64. The second-order valence-electron chi connectivity index (χ2n) is 3.75. The lowest BCUT2D eigenvalue weighted by atomic mass is 10.2. The first-order chi connectivity index (χ1) is 8.67. The number of nitrogens with one attached hydrogen (secondary N) is 1. The van der Waals surface area contributed by atoms with E-state index < -0.39 is 0 Å². The topological polar surface area (TPSA) is 42.7 Å². The Hall–Kier alpha value is -1.07. The van der Waals surface area contributed by atoms with Crippen LogP contribution < -0.4 is 5.32 Å². The third kappa shape index (κ3) is 2.52. The molecule has 4 nitrogen and oxygen atoms in total. The number of halogens is 2. The molecule has 0 aliphatic heterocycles. The standard InChI is InChI=1S/C12H14BrClN4/c1-3-15-12-17-16-11(18(12)4-2)9-7-8(14)5-6-10(9)13/h5-7H,3-4H2,1-2H3,(H,15,17). The van der Waals surface area contributed by atoms with Crippen molar-refractivity contribution < 1.29 is 0 Å². The smallest absolute Gasteiger partial charge is 0.224 e. The molecule has 0 saturated carbocycles. The van der Waals surface area contributed by atoms with Crippen LogP contribution in [0.25, 0.3) is 11.4 Å². The normalized spacial score (nSPS) is 10.7. The molecule has 2 rings (SSSR count). The molecule has 18 heavy (non-hydrogen) atoms. The van der Waals surface area contributed by atoms with Crippen LogP contribution in [0.1, 0.15) is 13.8 Å². The van der Waals surface area contributed by atoms with Crippen molar-refractivity contribution >= 4 is 33.5 Å². The van der Waals surface area contributed by atoms with Crippen molar-refractivity contribution in [2.45, 2.75) is 20.4 Å². The Balaban J connectivity index is 2.53. The van der Waals surface area contributed by atoms with Gasteiger partial charge in [-0.25, -0.2) is 0 Å². The van der Waals surface area contributed by atoms with Crippen molar-refractivity contribution in [3.05, 3.63) is 27.7 Å². The molecular weight excluding hydrogens is 316 g/mol. The molecule has 96 valence electrons. The molecular formula is C12H14BrClN4. The average molecular weight is 330 g/mol. The van der Waals surface area contributed by atoms with E-state index >= 15 is 0 Å². The van der Waals surface area contributed by atoms with Crippen LogP contribution in [0, 0.1) is 0 Å². The Kier molecular flexibility index (Phi) is 4.24. The van der Waals surface area contributed by atoms with Crippen molar-refractivity contribution in [1.29, 1.82) is 0 Å². The molecule has 0 aliphatic rings. The second kappa shape index (κ2) is 5.71. The summed E-state index contributed by atoms with van der Waals surface area (Å²) in [5, 5.41) is 12.3. The van der Waals surface area contributed by atoms with E-state index in [1.54, 1.807) is 0 Å².